The van der Waals surface area contributed by atoms with E-state index in [1.807, 2.05) is 18.2 Å². The molecule has 4 atom stereocenters. The van der Waals surface area contributed by atoms with E-state index in [-0.39, 0.29) is 25.2 Å². The van der Waals surface area contributed by atoms with Gasteiger partial charge in [0.15, 0.2) is 0 Å². The largest absolute Gasteiger partial charge is 0.481 e. The number of aliphatic carboxylic acids is 2. The molecule has 0 aliphatic heterocycles. The van der Waals surface area contributed by atoms with Gasteiger partial charge in [0.25, 0.3) is 0 Å². The van der Waals surface area contributed by atoms with Crippen molar-refractivity contribution in [1.82, 2.24) is 26.3 Å². The molecule has 234 valence electrons. The fourth-order valence-electron chi connectivity index (χ4n) is 4.23. The highest BCUT2D eigenvalue weighted by atomic mass is 16.4. The van der Waals surface area contributed by atoms with Crippen LogP contribution < -0.4 is 27.0 Å². The molecule has 15 nitrogen and oxygen atoms in total. The van der Waals surface area contributed by atoms with Crippen molar-refractivity contribution < 1.29 is 43.8 Å². The summed E-state index contributed by atoms with van der Waals surface area (Å²) >= 11 is 0. The van der Waals surface area contributed by atoms with Gasteiger partial charge in [-0.3, -0.25) is 33.6 Å². The molecule has 0 saturated carbocycles. The highest BCUT2D eigenvalue weighted by Gasteiger charge is 2.32. The van der Waals surface area contributed by atoms with Crippen molar-refractivity contribution in [1.29, 1.82) is 0 Å². The predicted molar refractivity (Wildman–Crippen MR) is 153 cm³/mol. The van der Waals surface area contributed by atoms with E-state index in [0.29, 0.717) is 5.56 Å². The number of amides is 5. The summed E-state index contributed by atoms with van der Waals surface area (Å²) in [5.74, 6) is -6.87. The van der Waals surface area contributed by atoms with Gasteiger partial charge in [0.1, 0.15) is 24.2 Å². The second-order valence-electron chi connectivity index (χ2n) is 10.6. The predicted octanol–water partition coefficient (Wildman–Crippen LogP) is -0.460. The van der Waals surface area contributed by atoms with Crippen LogP contribution in [0.2, 0.25) is 0 Å². The van der Waals surface area contributed by atoms with Crippen LogP contribution in [0.3, 0.4) is 0 Å². The molecule has 0 radical (unpaired) electrons. The van der Waals surface area contributed by atoms with Gasteiger partial charge < -0.3 is 42.2 Å². The Bertz CT molecular complexity index is 1360. The van der Waals surface area contributed by atoms with Gasteiger partial charge in [-0.2, -0.15) is 0 Å². The normalized spacial score (nSPS) is 13.8. The standard InChI is InChI=1S/C28H38N6O9/c1-14(2)10-19(27(42)34-21(12-24(38)39)26(41)31-15(3)25(29)40)33-28(43)20(32-22(35)8-9-23(36)37)11-16-13-30-18-7-5-4-6-17(16)18/h4-7,13-15,19-21,30H,8-12H2,1-3H3,(H2,29,40)(H,31,41)(H,32,35)(H,33,43)(H,34,42)(H,36,37)(H,38,39)/t15-,19-,20-,21-/m0/s1. The topological polar surface area (TPSA) is 250 Å². The number of hydrogen-bond acceptors (Lipinski definition) is 7. The lowest BCUT2D eigenvalue weighted by molar-refractivity contribution is -0.141. The zero-order chi connectivity index (χ0) is 32.3. The minimum absolute atomic E-state index is 0.000271. The van der Waals surface area contributed by atoms with Crippen molar-refractivity contribution >= 4 is 52.4 Å². The highest BCUT2D eigenvalue weighted by Crippen LogP contribution is 2.19. The summed E-state index contributed by atoms with van der Waals surface area (Å²) in [4.78, 5) is 88.8. The van der Waals surface area contributed by atoms with E-state index in [4.69, 9.17) is 10.8 Å². The van der Waals surface area contributed by atoms with Crippen LogP contribution in [0.1, 0.15) is 52.0 Å². The molecule has 0 aliphatic carbocycles. The van der Waals surface area contributed by atoms with Crippen molar-refractivity contribution in [3.63, 3.8) is 0 Å². The maximum atomic E-state index is 13.5. The van der Waals surface area contributed by atoms with E-state index in [1.165, 1.54) is 6.92 Å². The zero-order valence-corrected chi connectivity index (χ0v) is 24.1. The Morgan fingerprint density at radius 1 is 0.791 bits per heavy atom. The van der Waals surface area contributed by atoms with E-state index in [2.05, 4.69) is 26.3 Å². The smallest absolute Gasteiger partial charge is 0.305 e. The van der Waals surface area contributed by atoms with E-state index in [0.717, 1.165) is 10.9 Å². The fourth-order valence-corrected chi connectivity index (χ4v) is 4.23. The highest BCUT2D eigenvalue weighted by molar-refractivity contribution is 5.97. The maximum absolute atomic E-state index is 13.5. The molecule has 15 heteroatoms. The number of fused-ring (bicyclic) bond motifs is 1. The van der Waals surface area contributed by atoms with Crippen LogP contribution in [0.5, 0.6) is 0 Å². The van der Waals surface area contributed by atoms with Crippen LogP contribution in [-0.2, 0) is 40.0 Å². The van der Waals surface area contributed by atoms with Crippen LogP contribution >= 0.6 is 0 Å². The number of benzene rings is 1. The van der Waals surface area contributed by atoms with Gasteiger partial charge in [0.2, 0.25) is 29.5 Å². The molecule has 1 aromatic heterocycles. The molecule has 2 rings (SSSR count). The summed E-state index contributed by atoms with van der Waals surface area (Å²) < 4.78 is 0. The average Bonchev–Trinajstić information content (AvgIpc) is 3.32. The van der Waals surface area contributed by atoms with Crippen LogP contribution in [0.4, 0.5) is 0 Å². The van der Waals surface area contributed by atoms with Crippen LogP contribution in [-0.4, -0.2) is 80.8 Å². The minimum Gasteiger partial charge on any atom is -0.481 e. The van der Waals surface area contributed by atoms with Crippen molar-refractivity contribution in [2.24, 2.45) is 11.7 Å². The molecule has 1 aromatic carbocycles. The molecule has 5 amide bonds. The summed E-state index contributed by atoms with van der Waals surface area (Å²) in [7, 11) is 0. The number of carboxylic acid groups (broad SMARTS) is 2. The molecule has 0 unspecified atom stereocenters. The summed E-state index contributed by atoms with van der Waals surface area (Å²) in [5.41, 5.74) is 6.63. The maximum Gasteiger partial charge on any atom is 0.305 e. The number of para-hydroxylation sites is 1. The van der Waals surface area contributed by atoms with Gasteiger partial charge in [-0.1, -0.05) is 32.0 Å². The second kappa shape index (κ2) is 15.9. The lowest BCUT2D eigenvalue weighted by Gasteiger charge is -2.26. The summed E-state index contributed by atoms with van der Waals surface area (Å²) in [5, 5.41) is 28.7. The van der Waals surface area contributed by atoms with Gasteiger partial charge in [-0.15, -0.1) is 0 Å². The summed E-state index contributed by atoms with van der Waals surface area (Å²) in [6.07, 6.45) is 0.123. The summed E-state index contributed by atoms with van der Waals surface area (Å²) in [6, 6.07) is 2.10. The second-order valence-corrected chi connectivity index (χ2v) is 10.6. The molecule has 1 heterocycles. The third-order valence-electron chi connectivity index (χ3n) is 6.45. The van der Waals surface area contributed by atoms with E-state index in [9.17, 15) is 38.7 Å². The zero-order valence-electron chi connectivity index (χ0n) is 24.1. The number of carbonyl (C=O) groups is 7. The average molecular weight is 603 g/mol. The Hall–Kier alpha value is -4.95. The number of aromatic amines is 1. The number of aromatic nitrogens is 1. The van der Waals surface area contributed by atoms with E-state index >= 15 is 0 Å². The van der Waals surface area contributed by atoms with Crippen molar-refractivity contribution in [2.45, 2.75) is 77.0 Å². The SMILES string of the molecule is CC(C)C[C@H](NC(=O)[C@H](Cc1c[nH]c2ccccc12)NC(=O)CCC(=O)O)C(=O)N[C@@H](CC(=O)O)C(=O)N[C@@H](C)C(N)=O. The Morgan fingerprint density at radius 3 is 2.00 bits per heavy atom. The molecular formula is C28H38N6O9. The van der Waals surface area contributed by atoms with E-state index in [1.54, 1.807) is 26.1 Å². The molecule has 43 heavy (non-hydrogen) atoms. The molecule has 2 aromatic rings. The number of primary amides is 1. The molecule has 0 fully saturated rings. The summed E-state index contributed by atoms with van der Waals surface area (Å²) in [6.45, 7) is 4.85. The monoisotopic (exact) mass is 602 g/mol. The van der Waals surface area contributed by atoms with Crippen molar-refractivity contribution in [3.05, 3.63) is 36.0 Å². The number of nitrogens with one attached hydrogen (secondary N) is 5. The van der Waals surface area contributed by atoms with E-state index < -0.39 is 78.5 Å². The van der Waals surface area contributed by atoms with Gasteiger partial charge in [-0.05, 0) is 30.9 Å². The van der Waals surface area contributed by atoms with Gasteiger partial charge in [0.05, 0.1) is 12.8 Å². The number of nitrogens with two attached hydrogens (primary N) is 1. The first-order chi connectivity index (χ1) is 20.2. The van der Waals surface area contributed by atoms with Gasteiger partial charge in [-0.25, -0.2) is 0 Å². The van der Waals surface area contributed by atoms with Crippen LogP contribution in [0, 0.1) is 5.92 Å². The van der Waals surface area contributed by atoms with Gasteiger partial charge in [0, 0.05) is 29.9 Å². The molecule has 9 N–H and O–H groups in total. The number of hydrogen-bond donors (Lipinski definition) is 8. The Morgan fingerprint density at radius 2 is 1.40 bits per heavy atom. The lowest BCUT2D eigenvalue weighted by Crippen LogP contribution is -2.58. The first-order valence-electron chi connectivity index (χ1n) is 13.7. The van der Waals surface area contributed by atoms with Crippen molar-refractivity contribution in [3.8, 4) is 0 Å². The minimum atomic E-state index is -1.59. The van der Waals surface area contributed by atoms with Crippen molar-refractivity contribution in [2.75, 3.05) is 0 Å². The number of rotatable bonds is 17. The molecule has 0 spiro atoms. The first kappa shape index (κ1) is 34.3. The molecule has 0 saturated heterocycles. The van der Waals surface area contributed by atoms with Crippen LogP contribution in [0.15, 0.2) is 30.5 Å². The molecule has 0 bridgehead atoms. The molecule has 0 aliphatic rings. The quantitative estimate of drug-likeness (QED) is 0.116. The number of carboxylic acids is 2. The Labute approximate surface area is 247 Å². The Balaban J connectivity index is 2.30. The first-order valence-corrected chi connectivity index (χ1v) is 13.7. The fraction of sp³-hybridized carbons (Fsp3) is 0.464. The third kappa shape index (κ3) is 11.1. The third-order valence-corrected chi connectivity index (χ3v) is 6.45. The Kier molecular flexibility index (Phi) is 12.7. The molecular weight excluding hydrogens is 564 g/mol. The lowest BCUT2D eigenvalue weighted by atomic mass is 10.00. The number of H-pyrrole nitrogens is 1. The van der Waals surface area contributed by atoms with Gasteiger partial charge >= 0.3 is 11.9 Å². The number of carbonyl (C=O) groups excluding carboxylic acids is 5. The van der Waals surface area contributed by atoms with Crippen LogP contribution in [0.25, 0.3) is 10.9 Å².